The van der Waals surface area contributed by atoms with Crippen LogP contribution in [-0.2, 0) is 4.74 Å². The lowest BCUT2D eigenvalue weighted by molar-refractivity contribution is 0.0171. The Bertz CT molecular complexity index is 110. The molecule has 1 saturated carbocycles. The minimum atomic E-state index is -0.221. The highest BCUT2D eigenvalue weighted by molar-refractivity contribution is 4.72. The fourth-order valence-corrected chi connectivity index (χ4v) is 1.55. The second-order valence-electron chi connectivity index (χ2n) is 3.76. The molecule has 0 aliphatic heterocycles. The maximum absolute atomic E-state index is 9.49. The second-order valence-corrected chi connectivity index (χ2v) is 3.76. The van der Waals surface area contributed by atoms with Gasteiger partial charge in [0.2, 0.25) is 0 Å². The maximum Gasteiger partial charge on any atom is 0.0776 e. The topological polar surface area (TPSA) is 29.5 Å². The molecule has 1 rings (SSSR count). The molecule has 1 aliphatic rings. The molecule has 72 valence electrons. The van der Waals surface area contributed by atoms with Gasteiger partial charge in [-0.1, -0.05) is 26.2 Å². The van der Waals surface area contributed by atoms with Gasteiger partial charge >= 0.3 is 0 Å². The van der Waals surface area contributed by atoms with Crippen LogP contribution in [0.5, 0.6) is 0 Å². The molecule has 0 heterocycles. The van der Waals surface area contributed by atoms with Crippen LogP contribution < -0.4 is 0 Å². The van der Waals surface area contributed by atoms with Crippen LogP contribution >= 0.6 is 0 Å². The molecule has 0 bridgehead atoms. The van der Waals surface area contributed by atoms with E-state index < -0.39 is 0 Å². The number of aliphatic hydroxyl groups is 1. The van der Waals surface area contributed by atoms with E-state index >= 15 is 0 Å². The summed E-state index contributed by atoms with van der Waals surface area (Å²) in [5.74, 6) is 0.783. The standard InChI is InChI=1S/C10H20O2/c1-2-6-12-8-10(11)7-9-4-3-5-9/h9-11H,2-8H2,1H3. The monoisotopic (exact) mass is 172 g/mol. The van der Waals surface area contributed by atoms with Crippen molar-refractivity contribution in [3.63, 3.8) is 0 Å². The molecule has 0 aromatic carbocycles. The van der Waals surface area contributed by atoms with Gasteiger partial charge in [0.05, 0.1) is 12.7 Å². The van der Waals surface area contributed by atoms with Crippen molar-refractivity contribution in [2.24, 2.45) is 5.92 Å². The molecule has 1 aliphatic carbocycles. The summed E-state index contributed by atoms with van der Waals surface area (Å²) in [6.07, 6.45) is 5.74. The lowest BCUT2D eigenvalue weighted by Crippen LogP contribution is -2.23. The largest absolute Gasteiger partial charge is 0.391 e. The quantitative estimate of drug-likeness (QED) is 0.621. The molecule has 1 N–H and O–H groups in total. The molecule has 0 saturated heterocycles. The van der Waals surface area contributed by atoms with Gasteiger partial charge in [-0.3, -0.25) is 0 Å². The third-order valence-corrected chi connectivity index (χ3v) is 2.49. The smallest absolute Gasteiger partial charge is 0.0776 e. The molecule has 0 radical (unpaired) electrons. The Labute approximate surface area is 74.9 Å². The lowest BCUT2D eigenvalue weighted by atomic mass is 9.81. The summed E-state index contributed by atoms with van der Waals surface area (Å²) in [6.45, 7) is 3.39. The van der Waals surface area contributed by atoms with E-state index in [0.29, 0.717) is 6.61 Å². The maximum atomic E-state index is 9.49. The average molecular weight is 172 g/mol. The summed E-state index contributed by atoms with van der Waals surface area (Å²) in [5, 5.41) is 9.49. The highest BCUT2D eigenvalue weighted by atomic mass is 16.5. The van der Waals surface area contributed by atoms with Crippen LogP contribution in [0.1, 0.15) is 39.0 Å². The number of hydrogen-bond acceptors (Lipinski definition) is 2. The Balaban J connectivity index is 1.91. The first-order chi connectivity index (χ1) is 5.83. The van der Waals surface area contributed by atoms with Gasteiger partial charge in [-0.05, 0) is 18.8 Å². The van der Waals surface area contributed by atoms with Crippen molar-refractivity contribution in [2.75, 3.05) is 13.2 Å². The fourth-order valence-electron chi connectivity index (χ4n) is 1.55. The normalized spacial score (nSPS) is 20.5. The number of ether oxygens (including phenoxy) is 1. The number of aliphatic hydroxyl groups excluding tert-OH is 1. The van der Waals surface area contributed by atoms with Crippen molar-refractivity contribution < 1.29 is 9.84 Å². The van der Waals surface area contributed by atoms with Crippen molar-refractivity contribution in [3.05, 3.63) is 0 Å². The van der Waals surface area contributed by atoms with Gasteiger partial charge in [0.25, 0.3) is 0 Å². The first-order valence-electron chi connectivity index (χ1n) is 5.08. The zero-order chi connectivity index (χ0) is 8.81. The molecule has 2 heteroatoms. The molecular formula is C10H20O2. The Kier molecular flexibility index (Phi) is 4.62. The molecule has 1 unspecified atom stereocenters. The molecule has 0 aromatic heterocycles. The third-order valence-electron chi connectivity index (χ3n) is 2.49. The second kappa shape index (κ2) is 5.55. The van der Waals surface area contributed by atoms with Gasteiger partial charge in [-0.15, -0.1) is 0 Å². The molecule has 1 fully saturated rings. The lowest BCUT2D eigenvalue weighted by Gasteiger charge is -2.27. The van der Waals surface area contributed by atoms with E-state index in [9.17, 15) is 5.11 Å². The Morgan fingerprint density at radius 3 is 2.75 bits per heavy atom. The van der Waals surface area contributed by atoms with Crippen molar-refractivity contribution in [2.45, 2.75) is 45.1 Å². The minimum Gasteiger partial charge on any atom is -0.391 e. The molecular weight excluding hydrogens is 152 g/mol. The van der Waals surface area contributed by atoms with E-state index in [0.717, 1.165) is 25.4 Å². The molecule has 12 heavy (non-hydrogen) atoms. The molecule has 0 amide bonds. The summed E-state index contributed by atoms with van der Waals surface area (Å²) in [4.78, 5) is 0. The third kappa shape index (κ3) is 3.55. The highest BCUT2D eigenvalue weighted by Crippen LogP contribution is 2.30. The van der Waals surface area contributed by atoms with Gasteiger partial charge in [0.15, 0.2) is 0 Å². The van der Waals surface area contributed by atoms with Gasteiger partial charge in [-0.2, -0.15) is 0 Å². The summed E-state index contributed by atoms with van der Waals surface area (Å²) in [7, 11) is 0. The van der Waals surface area contributed by atoms with Crippen LogP contribution in [-0.4, -0.2) is 24.4 Å². The Morgan fingerprint density at radius 2 is 2.25 bits per heavy atom. The van der Waals surface area contributed by atoms with E-state index in [2.05, 4.69) is 6.92 Å². The predicted molar refractivity (Wildman–Crippen MR) is 49.1 cm³/mol. The van der Waals surface area contributed by atoms with Crippen LogP contribution in [0, 0.1) is 5.92 Å². The summed E-state index contributed by atoms with van der Waals surface area (Å²) >= 11 is 0. The molecule has 0 aromatic rings. The van der Waals surface area contributed by atoms with E-state index in [1.165, 1.54) is 19.3 Å². The number of rotatable bonds is 6. The van der Waals surface area contributed by atoms with Crippen molar-refractivity contribution >= 4 is 0 Å². The van der Waals surface area contributed by atoms with Crippen molar-refractivity contribution in [1.29, 1.82) is 0 Å². The van der Waals surface area contributed by atoms with Gasteiger partial charge in [-0.25, -0.2) is 0 Å². The van der Waals surface area contributed by atoms with E-state index in [1.54, 1.807) is 0 Å². The minimum absolute atomic E-state index is 0.221. The van der Waals surface area contributed by atoms with E-state index in [4.69, 9.17) is 4.74 Å². The predicted octanol–water partition coefficient (Wildman–Crippen LogP) is 1.96. The molecule has 1 atom stereocenters. The van der Waals surface area contributed by atoms with Crippen LogP contribution in [0.4, 0.5) is 0 Å². The average Bonchev–Trinajstić information content (AvgIpc) is 1.98. The van der Waals surface area contributed by atoms with E-state index in [1.807, 2.05) is 0 Å². The van der Waals surface area contributed by atoms with Crippen molar-refractivity contribution in [1.82, 2.24) is 0 Å². The summed E-state index contributed by atoms with van der Waals surface area (Å²) < 4.78 is 5.26. The molecule has 0 spiro atoms. The summed E-state index contributed by atoms with van der Waals surface area (Å²) in [5.41, 5.74) is 0. The zero-order valence-electron chi connectivity index (χ0n) is 7.96. The number of hydrogen-bond donors (Lipinski definition) is 1. The van der Waals surface area contributed by atoms with Crippen LogP contribution in [0.15, 0.2) is 0 Å². The summed E-state index contributed by atoms with van der Waals surface area (Å²) in [6, 6.07) is 0. The van der Waals surface area contributed by atoms with Crippen LogP contribution in [0.2, 0.25) is 0 Å². The SMILES string of the molecule is CCCOCC(O)CC1CCC1. The van der Waals surface area contributed by atoms with Gasteiger partial charge in [0, 0.05) is 6.61 Å². The van der Waals surface area contributed by atoms with Gasteiger partial charge < -0.3 is 9.84 Å². The molecule has 2 nitrogen and oxygen atoms in total. The van der Waals surface area contributed by atoms with E-state index in [-0.39, 0.29) is 6.10 Å². The first kappa shape index (κ1) is 10.0. The highest BCUT2D eigenvalue weighted by Gasteiger charge is 2.20. The fraction of sp³-hybridized carbons (Fsp3) is 1.00. The van der Waals surface area contributed by atoms with Crippen LogP contribution in [0.3, 0.4) is 0 Å². The van der Waals surface area contributed by atoms with Gasteiger partial charge in [0.1, 0.15) is 0 Å². The first-order valence-corrected chi connectivity index (χ1v) is 5.08. The Morgan fingerprint density at radius 1 is 1.50 bits per heavy atom. The van der Waals surface area contributed by atoms with Crippen LogP contribution in [0.25, 0.3) is 0 Å². The Hall–Kier alpha value is -0.0800. The zero-order valence-corrected chi connectivity index (χ0v) is 7.96. The van der Waals surface area contributed by atoms with Crippen molar-refractivity contribution in [3.8, 4) is 0 Å².